The second kappa shape index (κ2) is 5.48. The second-order valence-corrected chi connectivity index (χ2v) is 6.25. The Bertz CT molecular complexity index is 792. The summed E-state index contributed by atoms with van der Waals surface area (Å²) in [6, 6.07) is 10.3. The van der Waals surface area contributed by atoms with E-state index in [1.54, 1.807) is 0 Å². The van der Waals surface area contributed by atoms with E-state index >= 15 is 0 Å². The van der Waals surface area contributed by atoms with Crippen molar-refractivity contribution in [2.75, 3.05) is 0 Å². The fourth-order valence-electron chi connectivity index (χ4n) is 3.59. The topological polar surface area (TPSA) is 48.6 Å². The molecule has 2 N–H and O–H groups in total. The number of aromatic nitrogens is 2. The third-order valence-corrected chi connectivity index (χ3v) is 4.83. The molecule has 0 amide bonds. The van der Waals surface area contributed by atoms with Gasteiger partial charge in [0.1, 0.15) is 0 Å². The predicted molar refractivity (Wildman–Crippen MR) is 89.0 cm³/mol. The van der Waals surface area contributed by atoms with Gasteiger partial charge in [-0.3, -0.25) is 4.79 Å². The highest BCUT2D eigenvalue weighted by atomic mass is 16.1. The lowest BCUT2D eigenvalue weighted by atomic mass is 9.84. The molecule has 2 aromatic heterocycles. The van der Waals surface area contributed by atoms with Crippen LogP contribution < -0.4 is 0 Å². The number of rotatable bonds is 3. The zero-order valence-corrected chi connectivity index (χ0v) is 12.6. The van der Waals surface area contributed by atoms with Crippen molar-refractivity contribution in [1.29, 1.82) is 0 Å². The molecule has 2 heterocycles. The van der Waals surface area contributed by atoms with Crippen LogP contribution in [0.15, 0.2) is 42.7 Å². The summed E-state index contributed by atoms with van der Waals surface area (Å²) in [5.74, 6) is 0.536. The molecule has 0 spiro atoms. The summed E-state index contributed by atoms with van der Waals surface area (Å²) in [6.45, 7) is 0. The molecule has 0 bridgehead atoms. The van der Waals surface area contributed by atoms with Crippen LogP contribution in [0.1, 0.15) is 42.5 Å². The molecule has 4 rings (SSSR count). The molecule has 0 atom stereocenters. The molecule has 0 saturated heterocycles. The number of fused-ring (bicyclic) bond motifs is 1. The van der Waals surface area contributed by atoms with Crippen LogP contribution in [0.2, 0.25) is 0 Å². The molecule has 1 aliphatic rings. The summed E-state index contributed by atoms with van der Waals surface area (Å²) >= 11 is 0. The fraction of sp³-hybridized carbons (Fsp3) is 0.316. The van der Waals surface area contributed by atoms with Gasteiger partial charge in [0.2, 0.25) is 0 Å². The average molecular weight is 292 g/mol. The van der Waals surface area contributed by atoms with Crippen molar-refractivity contribution in [2.24, 2.45) is 5.92 Å². The lowest BCUT2D eigenvalue weighted by Gasteiger charge is -2.19. The number of H-pyrrole nitrogens is 2. The van der Waals surface area contributed by atoms with Gasteiger partial charge in [-0.15, -0.1) is 0 Å². The van der Waals surface area contributed by atoms with Crippen LogP contribution in [-0.2, 0) is 0 Å². The summed E-state index contributed by atoms with van der Waals surface area (Å²) in [5, 5.41) is 1.05. The summed E-state index contributed by atoms with van der Waals surface area (Å²) in [6.07, 6.45) is 9.56. The molecule has 112 valence electrons. The van der Waals surface area contributed by atoms with Crippen LogP contribution >= 0.6 is 0 Å². The molecular formula is C19H20N2O. The van der Waals surface area contributed by atoms with E-state index in [-0.39, 0.29) is 5.92 Å². The van der Waals surface area contributed by atoms with Gasteiger partial charge in [-0.1, -0.05) is 31.4 Å². The quantitative estimate of drug-likeness (QED) is 0.661. The largest absolute Gasteiger partial charge is 0.361 e. The Balaban J connectivity index is 1.69. The van der Waals surface area contributed by atoms with Crippen molar-refractivity contribution < 1.29 is 4.79 Å². The van der Waals surface area contributed by atoms with Crippen molar-refractivity contribution in [2.45, 2.75) is 32.1 Å². The van der Waals surface area contributed by atoms with Gasteiger partial charge in [0.15, 0.2) is 5.78 Å². The standard InChI is InChI=1S/C19H20N2O/c22-19(13-5-2-1-3-6-13)16-12-21-18-11-14(8-9-15(16)18)17-7-4-10-20-17/h4,7-13,20-21H,1-3,5-6H2. The average Bonchev–Trinajstić information content (AvgIpc) is 3.24. The van der Waals surface area contributed by atoms with Crippen LogP contribution in [0.3, 0.4) is 0 Å². The number of carbonyl (C=O) groups excluding carboxylic acids is 1. The number of carbonyl (C=O) groups is 1. The van der Waals surface area contributed by atoms with Crippen LogP contribution in [0.5, 0.6) is 0 Å². The Morgan fingerprint density at radius 3 is 2.68 bits per heavy atom. The van der Waals surface area contributed by atoms with Gasteiger partial charge in [-0.25, -0.2) is 0 Å². The second-order valence-electron chi connectivity index (χ2n) is 6.25. The van der Waals surface area contributed by atoms with Gasteiger partial charge in [0, 0.05) is 46.0 Å². The normalized spacial score (nSPS) is 16.2. The van der Waals surface area contributed by atoms with E-state index in [9.17, 15) is 4.79 Å². The summed E-state index contributed by atoms with van der Waals surface area (Å²) in [5.41, 5.74) is 4.12. The molecule has 0 unspecified atom stereocenters. The van der Waals surface area contributed by atoms with Crippen molar-refractivity contribution in [3.8, 4) is 11.3 Å². The monoisotopic (exact) mass is 292 g/mol. The van der Waals surface area contributed by atoms with Crippen LogP contribution in [0.4, 0.5) is 0 Å². The Morgan fingerprint density at radius 2 is 1.91 bits per heavy atom. The maximum atomic E-state index is 12.8. The number of hydrogen-bond acceptors (Lipinski definition) is 1. The van der Waals surface area contributed by atoms with Gasteiger partial charge >= 0.3 is 0 Å². The van der Waals surface area contributed by atoms with E-state index in [1.807, 2.05) is 18.5 Å². The number of hydrogen-bond donors (Lipinski definition) is 2. The summed E-state index contributed by atoms with van der Waals surface area (Å²) in [7, 11) is 0. The van der Waals surface area contributed by atoms with E-state index in [4.69, 9.17) is 0 Å². The minimum atomic E-state index is 0.218. The first-order valence-corrected chi connectivity index (χ1v) is 8.12. The Morgan fingerprint density at radius 1 is 1.05 bits per heavy atom. The minimum absolute atomic E-state index is 0.218. The Hall–Kier alpha value is -2.29. The number of benzene rings is 1. The lowest BCUT2D eigenvalue weighted by molar-refractivity contribution is 0.0891. The van der Waals surface area contributed by atoms with E-state index in [0.717, 1.165) is 40.6 Å². The molecule has 0 radical (unpaired) electrons. The van der Waals surface area contributed by atoms with Crippen LogP contribution in [0.25, 0.3) is 22.2 Å². The molecule has 0 aliphatic heterocycles. The molecule has 3 nitrogen and oxygen atoms in total. The van der Waals surface area contributed by atoms with Gasteiger partial charge in [0.25, 0.3) is 0 Å². The zero-order valence-electron chi connectivity index (χ0n) is 12.6. The SMILES string of the molecule is O=C(c1c[nH]c2cc(-c3ccc[nH]3)ccc12)C1CCCCC1. The molecule has 1 aliphatic carbocycles. The summed E-state index contributed by atoms with van der Waals surface area (Å²) in [4.78, 5) is 19.3. The number of nitrogens with one attached hydrogen (secondary N) is 2. The number of Topliss-reactive ketones (excluding diaryl/α,β-unsaturated/α-hetero) is 1. The van der Waals surface area contributed by atoms with Gasteiger partial charge in [-0.2, -0.15) is 0 Å². The van der Waals surface area contributed by atoms with E-state index in [2.05, 4.69) is 34.2 Å². The van der Waals surface area contributed by atoms with Crippen molar-refractivity contribution in [1.82, 2.24) is 9.97 Å². The molecule has 1 fully saturated rings. The third kappa shape index (κ3) is 2.27. The van der Waals surface area contributed by atoms with E-state index in [0.29, 0.717) is 5.78 Å². The van der Waals surface area contributed by atoms with E-state index < -0.39 is 0 Å². The molecule has 22 heavy (non-hydrogen) atoms. The predicted octanol–water partition coefficient (Wildman–Crippen LogP) is 4.93. The maximum absolute atomic E-state index is 12.8. The minimum Gasteiger partial charge on any atom is -0.361 e. The fourth-order valence-corrected chi connectivity index (χ4v) is 3.59. The highest BCUT2D eigenvalue weighted by molar-refractivity contribution is 6.09. The first-order chi connectivity index (χ1) is 10.8. The molecule has 1 aromatic carbocycles. The lowest BCUT2D eigenvalue weighted by Crippen LogP contribution is -2.17. The molecule has 3 aromatic rings. The molecule has 3 heteroatoms. The highest BCUT2D eigenvalue weighted by Gasteiger charge is 2.24. The van der Waals surface area contributed by atoms with Gasteiger partial charge < -0.3 is 9.97 Å². The van der Waals surface area contributed by atoms with Crippen molar-refractivity contribution in [3.05, 3.63) is 48.3 Å². The third-order valence-electron chi connectivity index (χ3n) is 4.83. The number of aromatic amines is 2. The van der Waals surface area contributed by atoms with Gasteiger partial charge in [-0.05, 0) is 31.0 Å². The first kappa shape index (κ1) is 13.4. The highest BCUT2D eigenvalue weighted by Crippen LogP contribution is 2.31. The van der Waals surface area contributed by atoms with E-state index in [1.165, 1.54) is 19.3 Å². The zero-order chi connectivity index (χ0) is 14.9. The van der Waals surface area contributed by atoms with Gasteiger partial charge in [0.05, 0.1) is 0 Å². The summed E-state index contributed by atoms with van der Waals surface area (Å²) < 4.78 is 0. The number of ketones is 1. The van der Waals surface area contributed by atoms with Crippen molar-refractivity contribution in [3.63, 3.8) is 0 Å². The molecular weight excluding hydrogens is 272 g/mol. The Labute approximate surface area is 129 Å². The Kier molecular flexibility index (Phi) is 3.34. The smallest absolute Gasteiger partial charge is 0.168 e. The maximum Gasteiger partial charge on any atom is 0.168 e. The van der Waals surface area contributed by atoms with Crippen molar-refractivity contribution >= 4 is 16.7 Å². The van der Waals surface area contributed by atoms with Crippen LogP contribution in [-0.4, -0.2) is 15.8 Å². The molecule has 1 saturated carbocycles. The van der Waals surface area contributed by atoms with Crippen LogP contribution in [0, 0.1) is 5.92 Å². The first-order valence-electron chi connectivity index (χ1n) is 8.12.